The molecule has 0 atom stereocenters. The van der Waals surface area contributed by atoms with Crippen LogP contribution in [0.2, 0.25) is 0 Å². The van der Waals surface area contributed by atoms with E-state index in [2.05, 4.69) is 10.1 Å². The molecule has 1 aromatic carbocycles. The molecule has 0 fully saturated rings. The molecule has 1 aromatic heterocycles. The molecule has 0 amide bonds. The van der Waals surface area contributed by atoms with Crippen LogP contribution in [-0.2, 0) is 0 Å². The summed E-state index contributed by atoms with van der Waals surface area (Å²) < 4.78 is 1.73. The summed E-state index contributed by atoms with van der Waals surface area (Å²) in [6.07, 6.45) is 0. The molecule has 0 saturated carbocycles. The van der Waals surface area contributed by atoms with Gasteiger partial charge in [0.1, 0.15) is 19.5 Å². The second-order valence-electron chi connectivity index (χ2n) is 5.15. The average Bonchev–Trinajstić information content (AvgIpc) is 2.72. The highest BCUT2D eigenvalue weighted by Crippen LogP contribution is 2.13. The van der Waals surface area contributed by atoms with Crippen molar-refractivity contribution in [2.24, 2.45) is 0 Å². The van der Waals surface area contributed by atoms with E-state index in [1.165, 1.54) is 7.17 Å². The second-order valence-corrected chi connectivity index (χ2v) is 5.15. The Balaban J connectivity index is 2.91. The fourth-order valence-electron chi connectivity index (χ4n) is 2.68. The Morgan fingerprint density at radius 1 is 1.10 bits per heavy atom. The van der Waals surface area contributed by atoms with Crippen molar-refractivity contribution in [2.45, 2.75) is 27.7 Å². The van der Waals surface area contributed by atoms with Crippen molar-refractivity contribution in [3.8, 4) is 5.69 Å². The molecular formula is C12H12B6N3. The van der Waals surface area contributed by atoms with Crippen LogP contribution < -0.4 is 16.4 Å². The molecule has 0 unspecified atom stereocenters. The lowest BCUT2D eigenvalue weighted by Crippen LogP contribution is -2.48. The van der Waals surface area contributed by atoms with Crippen LogP contribution in [0.4, 0.5) is 0 Å². The summed E-state index contributed by atoms with van der Waals surface area (Å²) in [6.45, 7) is 6.85. The Bertz CT molecular complexity index is 695. The van der Waals surface area contributed by atoms with Crippen molar-refractivity contribution in [1.29, 1.82) is 0 Å². The number of aryl methyl sites for hydroxylation is 2. The minimum Gasteiger partial charge on any atom is -0.218 e. The molecule has 0 aliphatic carbocycles. The first-order valence-corrected chi connectivity index (χ1v) is 6.68. The van der Waals surface area contributed by atoms with Crippen LogP contribution in [0.15, 0.2) is 0 Å². The van der Waals surface area contributed by atoms with Gasteiger partial charge in [-0.3, -0.25) is 0 Å². The van der Waals surface area contributed by atoms with Crippen molar-refractivity contribution in [1.82, 2.24) is 14.8 Å². The first-order valence-electron chi connectivity index (χ1n) is 6.68. The fourth-order valence-corrected chi connectivity index (χ4v) is 2.68. The molecule has 0 spiro atoms. The minimum atomic E-state index is -0.665. The molecule has 9 heteroatoms. The van der Waals surface area contributed by atoms with Crippen LogP contribution in [0.1, 0.15) is 22.8 Å². The third-order valence-corrected chi connectivity index (χ3v) is 3.70. The normalized spacial score (nSPS) is 10.7. The van der Waals surface area contributed by atoms with Gasteiger partial charge < -0.3 is 0 Å². The number of hydrogen-bond acceptors (Lipinski definition) is 2. The summed E-state index contributed by atoms with van der Waals surface area (Å²) in [7, 11) is 25.3. The smallest absolute Gasteiger partial charge is 0.148 e. The summed E-state index contributed by atoms with van der Waals surface area (Å²) in [6, 6.07) is 0. The van der Waals surface area contributed by atoms with E-state index in [1.807, 2.05) is 27.7 Å². The Labute approximate surface area is 132 Å². The summed E-state index contributed by atoms with van der Waals surface area (Å²) >= 11 is 0. The van der Waals surface area contributed by atoms with Gasteiger partial charge in [0.05, 0.1) is 19.4 Å². The highest BCUT2D eigenvalue weighted by molar-refractivity contribution is 7.35. The minimum absolute atomic E-state index is 0.599. The molecule has 2 aromatic rings. The van der Waals surface area contributed by atoms with Gasteiger partial charge in [-0.05, 0) is 33.3 Å². The quantitative estimate of drug-likeness (QED) is 0.585. The number of rotatable bonds is 3. The van der Waals surface area contributed by atoms with E-state index in [0.717, 1.165) is 33.6 Å². The molecule has 9 radical (unpaired) electrons. The lowest BCUT2D eigenvalue weighted by atomic mass is 9.16. The largest absolute Gasteiger partial charge is 0.218 e. The van der Waals surface area contributed by atoms with Crippen LogP contribution in [0.3, 0.4) is 0 Å². The van der Waals surface area contributed by atoms with E-state index in [0.29, 0.717) is 11.3 Å². The van der Waals surface area contributed by atoms with Gasteiger partial charge in [0.2, 0.25) is 0 Å². The monoisotopic (exact) mass is 264 g/mol. The Morgan fingerprint density at radius 2 is 1.71 bits per heavy atom. The lowest BCUT2D eigenvalue weighted by Gasteiger charge is -2.25. The maximum absolute atomic E-state index is 6.20. The third-order valence-electron chi connectivity index (χ3n) is 3.70. The second kappa shape index (κ2) is 5.86. The highest BCUT2D eigenvalue weighted by atomic mass is 15.3. The van der Waals surface area contributed by atoms with E-state index in [9.17, 15) is 0 Å². The van der Waals surface area contributed by atoms with Crippen LogP contribution in [0.5, 0.6) is 0 Å². The first-order chi connectivity index (χ1) is 9.79. The molecule has 0 aliphatic rings. The first kappa shape index (κ1) is 16.1. The zero-order valence-corrected chi connectivity index (χ0v) is 12.8. The molecule has 93 valence electrons. The average molecular weight is 263 g/mol. The zero-order valence-electron chi connectivity index (χ0n) is 12.8. The molecular weight excluding hydrogens is 251 g/mol. The molecule has 3 nitrogen and oxygen atoms in total. The van der Waals surface area contributed by atoms with Gasteiger partial charge in [0.25, 0.3) is 0 Å². The van der Waals surface area contributed by atoms with Crippen LogP contribution in [-0.4, -0.2) is 59.5 Å². The SMILES string of the molecule is [B][B]c1c([B])c(C)c(-n2nc(C)nc2C)c(B([B])[B])c1C. The van der Waals surface area contributed by atoms with Gasteiger partial charge >= 0.3 is 0 Å². The Hall–Kier alpha value is -1.25. The molecule has 2 rings (SSSR count). The van der Waals surface area contributed by atoms with Crippen LogP contribution in [0.25, 0.3) is 5.69 Å². The summed E-state index contributed by atoms with van der Waals surface area (Å²) in [5, 5.41) is 4.42. The predicted octanol–water partition coefficient (Wildman–Crippen LogP) is -2.26. The summed E-state index contributed by atoms with van der Waals surface area (Å²) in [5.74, 6) is 1.43. The molecule has 0 aliphatic heterocycles. The van der Waals surface area contributed by atoms with Gasteiger partial charge in [-0.25, -0.2) is 9.67 Å². The van der Waals surface area contributed by atoms with Crippen molar-refractivity contribution in [3.05, 3.63) is 22.8 Å². The van der Waals surface area contributed by atoms with E-state index >= 15 is 0 Å². The van der Waals surface area contributed by atoms with Crippen molar-refractivity contribution < 1.29 is 0 Å². The van der Waals surface area contributed by atoms with Crippen LogP contribution in [0, 0.1) is 27.7 Å². The molecule has 21 heavy (non-hydrogen) atoms. The zero-order chi connectivity index (χ0) is 15.9. The standard InChI is InChI=1S/C12H12B6N3/c1-5-9(13)10(17-14)6(2)11(18(15)16)12(5)21-8(4)19-7(3)20-21/h1-4H3. The van der Waals surface area contributed by atoms with E-state index in [-0.39, 0.29) is 0 Å². The van der Waals surface area contributed by atoms with Gasteiger partial charge in [-0.1, -0.05) is 16.5 Å². The number of aromatic nitrogens is 3. The third kappa shape index (κ3) is 2.63. The molecule has 0 bridgehead atoms. The fraction of sp³-hybridized carbons (Fsp3) is 0.333. The van der Waals surface area contributed by atoms with Crippen molar-refractivity contribution in [2.75, 3.05) is 0 Å². The number of nitrogens with zero attached hydrogens (tertiary/aromatic N) is 3. The maximum Gasteiger partial charge on any atom is 0.148 e. The van der Waals surface area contributed by atoms with Gasteiger partial charge in [-0.2, -0.15) is 5.10 Å². The Morgan fingerprint density at radius 3 is 2.14 bits per heavy atom. The van der Waals surface area contributed by atoms with E-state index < -0.39 is 6.49 Å². The molecule has 0 N–H and O–H groups in total. The van der Waals surface area contributed by atoms with E-state index in [1.54, 1.807) is 4.68 Å². The van der Waals surface area contributed by atoms with Gasteiger partial charge in [0, 0.05) is 23.2 Å². The van der Waals surface area contributed by atoms with Gasteiger partial charge in [0.15, 0.2) is 0 Å². The summed E-state index contributed by atoms with van der Waals surface area (Å²) in [4.78, 5) is 4.33. The van der Waals surface area contributed by atoms with Crippen molar-refractivity contribution in [3.63, 3.8) is 0 Å². The maximum atomic E-state index is 6.20. The summed E-state index contributed by atoms with van der Waals surface area (Å²) in [5.41, 5.74) is 4.60. The molecule has 1 heterocycles. The van der Waals surface area contributed by atoms with Crippen molar-refractivity contribution >= 4 is 61.1 Å². The number of hydrogen-bond donors (Lipinski definition) is 0. The Kier molecular flexibility index (Phi) is 4.50. The van der Waals surface area contributed by atoms with E-state index in [4.69, 9.17) is 31.1 Å². The van der Waals surface area contributed by atoms with Gasteiger partial charge in [-0.15, -0.1) is 5.46 Å². The highest BCUT2D eigenvalue weighted by Gasteiger charge is 2.21. The predicted molar refractivity (Wildman–Crippen MR) is 93.7 cm³/mol. The lowest BCUT2D eigenvalue weighted by molar-refractivity contribution is 0.830. The van der Waals surface area contributed by atoms with Crippen LogP contribution >= 0.6 is 0 Å². The molecule has 0 saturated heterocycles. The topological polar surface area (TPSA) is 30.7 Å². The number of benzene rings is 1.